The van der Waals surface area contributed by atoms with Crippen LogP contribution in [0.5, 0.6) is 11.5 Å². The Bertz CT molecular complexity index is 2440. The van der Waals surface area contributed by atoms with Gasteiger partial charge in [-0.25, -0.2) is 15.0 Å². The van der Waals surface area contributed by atoms with Gasteiger partial charge >= 0.3 is 0 Å². The Hall–Kier alpha value is -5.87. The van der Waals surface area contributed by atoms with E-state index < -0.39 is 5.41 Å². The predicted molar refractivity (Wildman–Crippen MR) is 210 cm³/mol. The van der Waals surface area contributed by atoms with Crippen molar-refractivity contribution in [3.63, 3.8) is 0 Å². The summed E-state index contributed by atoms with van der Waals surface area (Å²) < 4.78 is 6.99. The maximum absolute atomic E-state index is 6.99. The summed E-state index contributed by atoms with van der Waals surface area (Å²) in [6.45, 7) is 4.61. The van der Waals surface area contributed by atoms with E-state index in [1.165, 1.54) is 39.0 Å². The van der Waals surface area contributed by atoms with Crippen LogP contribution in [0.4, 0.5) is 0 Å². The number of allylic oxidation sites excluding steroid dienone is 6. The summed E-state index contributed by atoms with van der Waals surface area (Å²) in [5.74, 6) is 4.85. The molecule has 1 aliphatic heterocycles. The molecule has 252 valence electrons. The zero-order chi connectivity index (χ0) is 34.8. The Morgan fingerprint density at radius 2 is 1.23 bits per heavy atom. The summed E-state index contributed by atoms with van der Waals surface area (Å²) in [6, 6.07) is 41.4. The molecule has 6 aromatic rings. The topological polar surface area (TPSA) is 47.9 Å². The highest BCUT2D eigenvalue weighted by Gasteiger charge is 2.51. The monoisotopic (exact) mass is 673 g/mol. The van der Waals surface area contributed by atoms with E-state index in [1.54, 1.807) is 0 Å². The minimum Gasteiger partial charge on any atom is -0.456 e. The summed E-state index contributed by atoms with van der Waals surface area (Å²) >= 11 is 0. The first kappa shape index (κ1) is 30.9. The van der Waals surface area contributed by atoms with Gasteiger partial charge < -0.3 is 4.74 Å². The van der Waals surface area contributed by atoms with Crippen LogP contribution >= 0.6 is 0 Å². The van der Waals surface area contributed by atoms with Crippen molar-refractivity contribution in [2.24, 2.45) is 11.8 Å². The first-order valence-electron chi connectivity index (χ1n) is 18.6. The highest BCUT2D eigenvalue weighted by Crippen LogP contribution is 2.63. The van der Waals surface area contributed by atoms with Crippen molar-refractivity contribution in [2.75, 3.05) is 0 Å². The smallest absolute Gasteiger partial charge is 0.167 e. The third-order valence-corrected chi connectivity index (χ3v) is 11.6. The molecule has 0 saturated carbocycles. The summed E-state index contributed by atoms with van der Waals surface area (Å²) in [4.78, 5) is 15.7. The summed E-state index contributed by atoms with van der Waals surface area (Å²) in [7, 11) is 0. The lowest BCUT2D eigenvalue weighted by Crippen LogP contribution is -2.32. The molecular formula is C48H39N3O. The van der Waals surface area contributed by atoms with E-state index in [-0.39, 0.29) is 0 Å². The fourth-order valence-electron chi connectivity index (χ4n) is 8.93. The molecule has 0 amide bonds. The lowest BCUT2D eigenvalue weighted by molar-refractivity contribution is 0.437. The number of hydrogen-bond acceptors (Lipinski definition) is 4. The minimum atomic E-state index is -0.552. The molecule has 10 rings (SSSR count). The van der Waals surface area contributed by atoms with Gasteiger partial charge in [0, 0.05) is 16.7 Å². The SMILES string of the molecule is CC1CC=C(c2nc(-c3ccc(C4=CC=CCC4C)cc3)nc(-c3cccc4c3Oc3ccccc3C43c4ccccc4-c4ccccc43)n2)CC1. The molecule has 4 aliphatic rings. The molecule has 0 N–H and O–H groups in total. The second-order valence-corrected chi connectivity index (χ2v) is 14.8. The molecular weight excluding hydrogens is 635 g/mol. The molecule has 1 spiro atoms. The Morgan fingerprint density at radius 3 is 1.96 bits per heavy atom. The second-order valence-electron chi connectivity index (χ2n) is 14.8. The Morgan fingerprint density at radius 1 is 0.596 bits per heavy atom. The summed E-state index contributed by atoms with van der Waals surface area (Å²) in [5.41, 5.74) is 12.4. The van der Waals surface area contributed by atoms with Crippen LogP contribution in [0.2, 0.25) is 0 Å². The lowest BCUT2D eigenvalue weighted by atomic mass is 9.66. The van der Waals surface area contributed by atoms with Crippen LogP contribution < -0.4 is 4.74 Å². The number of rotatable bonds is 4. The van der Waals surface area contributed by atoms with Crippen molar-refractivity contribution in [1.82, 2.24) is 15.0 Å². The molecule has 1 aromatic heterocycles. The zero-order valence-electron chi connectivity index (χ0n) is 29.5. The number of fused-ring (bicyclic) bond motifs is 9. The number of aromatic nitrogens is 3. The van der Waals surface area contributed by atoms with E-state index in [0.29, 0.717) is 23.5 Å². The predicted octanol–water partition coefficient (Wildman–Crippen LogP) is 11.9. The van der Waals surface area contributed by atoms with Gasteiger partial charge in [0.25, 0.3) is 0 Å². The minimum absolute atomic E-state index is 0.489. The normalized spacial score (nSPS) is 19.1. The van der Waals surface area contributed by atoms with Gasteiger partial charge in [-0.3, -0.25) is 0 Å². The third kappa shape index (κ3) is 4.70. The van der Waals surface area contributed by atoms with E-state index in [1.807, 2.05) is 0 Å². The molecule has 3 aliphatic carbocycles. The largest absolute Gasteiger partial charge is 0.456 e. The van der Waals surface area contributed by atoms with Gasteiger partial charge in [-0.1, -0.05) is 141 Å². The molecule has 2 atom stereocenters. The van der Waals surface area contributed by atoms with Gasteiger partial charge in [0.05, 0.1) is 11.0 Å². The molecule has 0 saturated heterocycles. The molecule has 0 fully saturated rings. The second kappa shape index (κ2) is 12.1. The lowest BCUT2D eigenvalue weighted by Gasteiger charge is -2.39. The van der Waals surface area contributed by atoms with Crippen LogP contribution in [0.25, 0.3) is 45.0 Å². The number of benzene rings is 5. The van der Waals surface area contributed by atoms with Gasteiger partial charge in [0.15, 0.2) is 17.5 Å². The average Bonchev–Trinajstić information content (AvgIpc) is 3.49. The van der Waals surface area contributed by atoms with Crippen molar-refractivity contribution in [1.29, 1.82) is 0 Å². The van der Waals surface area contributed by atoms with Crippen molar-refractivity contribution in [3.05, 3.63) is 173 Å². The first-order valence-corrected chi connectivity index (χ1v) is 18.6. The fourth-order valence-corrected chi connectivity index (χ4v) is 8.93. The van der Waals surface area contributed by atoms with Crippen LogP contribution in [0.15, 0.2) is 140 Å². The molecule has 4 nitrogen and oxygen atoms in total. The van der Waals surface area contributed by atoms with Gasteiger partial charge in [0.2, 0.25) is 0 Å². The summed E-state index contributed by atoms with van der Waals surface area (Å²) in [6.07, 6.45) is 13.2. The summed E-state index contributed by atoms with van der Waals surface area (Å²) in [5, 5.41) is 0. The average molecular weight is 674 g/mol. The van der Waals surface area contributed by atoms with Crippen LogP contribution in [-0.4, -0.2) is 15.0 Å². The Balaban J connectivity index is 1.18. The van der Waals surface area contributed by atoms with E-state index in [4.69, 9.17) is 19.7 Å². The van der Waals surface area contributed by atoms with Crippen LogP contribution in [-0.2, 0) is 5.41 Å². The molecule has 2 heterocycles. The highest BCUT2D eigenvalue weighted by atomic mass is 16.5. The molecule has 2 unspecified atom stereocenters. The molecule has 4 heteroatoms. The quantitative estimate of drug-likeness (QED) is 0.187. The maximum atomic E-state index is 6.99. The van der Waals surface area contributed by atoms with E-state index in [0.717, 1.165) is 65.3 Å². The van der Waals surface area contributed by atoms with E-state index in [2.05, 4.69) is 153 Å². The number of ether oxygens (including phenoxy) is 1. The Labute approximate surface area is 305 Å². The molecule has 52 heavy (non-hydrogen) atoms. The fraction of sp³-hybridized carbons (Fsp3) is 0.188. The third-order valence-electron chi connectivity index (χ3n) is 11.6. The molecule has 0 radical (unpaired) electrons. The molecule has 0 bridgehead atoms. The standard InChI is InChI=1S/C48H39N3O/c1-30-22-24-33(25-23-30)45-49-46(34-28-26-32(27-29-34)35-13-4-3-12-31(35)2)51-47(50-45)38-16-11-20-42-44(38)52-43-21-10-9-19-41(43)48(42)39-17-7-5-14-36(39)37-15-6-8-18-40(37)48/h3-11,13-21,24,26-31H,12,22-23,25H2,1-2H3. The Kier molecular flexibility index (Phi) is 7.21. The van der Waals surface area contributed by atoms with Crippen LogP contribution in [0.1, 0.15) is 73.2 Å². The van der Waals surface area contributed by atoms with Gasteiger partial charge in [-0.2, -0.15) is 0 Å². The van der Waals surface area contributed by atoms with Gasteiger partial charge in [-0.05, 0) is 88.6 Å². The zero-order valence-corrected chi connectivity index (χ0v) is 29.5. The van der Waals surface area contributed by atoms with Gasteiger partial charge in [-0.15, -0.1) is 0 Å². The van der Waals surface area contributed by atoms with Crippen molar-refractivity contribution in [2.45, 2.75) is 44.9 Å². The highest BCUT2D eigenvalue weighted by molar-refractivity contribution is 5.90. The number of para-hydroxylation sites is 2. The van der Waals surface area contributed by atoms with Crippen molar-refractivity contribution >= 4 is 11.1 Å². The van der Waals surface area contributed by atoms with Crippen LogP contribution in [0, 0.1) is 11.8 Å². The van der Waals surface area contributed by atoms with E-state index in [9.17, 15) is 0 Å². The maximum Gasteiger partial charge on any atom is 0.167 e. The van der Waals surface area contributed by atoms with Crippen molar-refractivity contribution < 1.29 is 4.74 Å². The number of nitrogens with zero attached hydrogens (tertiary/aromatic N) is 3. The first-order chi connectivity index (χ1) is 25.6. The number of hydrogen-bond donors (Lipinski definition) is 0. The van der Waals surface area contributed by atoms with Crippen molar-refractivity contribution in [3.8, 4) is 45.4 Å². The van der Waals surface area contributed by atoms with Gasteiger partial charge in [0.1, 0.15) is 11.5 Å². The van der Waals surface area contributed by atoms with Crippen LogP contribution in [0.3, 0.4) is 0 Å². The molecule has 5 aromatic carbocycles. The van der Waals surface area contributed by atoms with E-state index >= 15 is 0 Å².